The van der Waals surface area contributed by atoms with Crippen LogP contribution in [-0.2, 0) is 9.53 Å². The van der Waals surface area contributed by atoms with Crippen LogP contribution in [0, 0.1) is 5.92 Å². The third-order valence-electron chi connectivity index (χ3n) is 3.17. The molecule has 1 unspecified atom stereocenters. The minimum absolute atomic E-state index is 0.0633. The molecule has 1 atom stereocenters. The first kappa shape index (κ1) is 16.7. The van der Waals surface area contributed by atoms with E-state index in [9.17, 15) is 9.59 Å². The molecule has 116 valence electrons. The molecule has 0 aromatic rings. The number of aliphatic carboxylic acids is 1. The number of urea groups is 1. The van der Waals surface area contributed by atoms with Gasteiger partial charge in [0.15, 0.2) is 0 Å². The number of rotatable bonds is 8. The van der Waals surface area contributed by atoms with Gasteiger partial charge < -0.3 is 20.5 Å². The molecule has 0 saturated carbocycles. The van der Waals surface area contributed by atoms with Gasteiger partial charge in [-0.1, -0.05) is 6.92 Å². The highest BCUT2D eigenvalue weighted by molar-refractivity contribution is 5.73. The molecule has 0 spiro atoms. The van der Waals surface area contributed by atoms with E-state index >= 15 is 0 Å². The fourth-order valence-corrected chi connectivity index (χ4v) is 2.03. The van der Waals surface area contributed by atoms with Gasteiger partial charge in [-0.3, -0.25) is 9.69 Å². The van der Waals surface area contributed by atoms with E-state index in [1.807, 2.05) is 0 Å². The molecule has 0 bridgehead atoms. The van der Waals surface area contributed by atoms with Crippen molar-refractivity contribution in [1.29, 1.82) is 0 Å². The maximum absolute atomic E-state index is 11.5. The molecule has 1 heterocycles. The second kappa shape index (κ2) is 9.55. The quantitative estimate of drug-likeness (QED) is 0.552. The number of ether oxygens (including phenoxy) is 1. The molecule has 1 aliphatic heterocycles. The fourth-order valence-electron chi connectivity index (χ4n) is 2.03. The lowest BCUT2D eigenvalue weighted by Gasteiger charge is -2.26. The summed E-state index contributed by atoms with van der Waals surface area (Å²) in [6.07, 6.45) is 0.968. The molecule has 0 aromatic heterocycles. The van der Waals surface area contributed by atoms with E-state index in [1.54, 1.807) is 6.92 Å². The lowest BCUT2D eigenvalue weighted by molar-refractivity contribution is -0.137. The van der Waals surface area contributed by atoms with Crippen molar-refractivity contribution in [3.63, 3.8) is 0 Å². The zero-order valence-corrected chi connectivity index (χ0v) is 12.1. The normalized spacial score (nSPS) is 17.4. The number of morpholine rings is 1. The van der Waals surface area contributed by atoms with E-state index in [2.05, 4.69) is 15.5 Å². The van der Waals surface area contributed by atoms with Crippen LogP contribution < -0.4 is 10.6 Å². The number of carbonyl (C=O) groups is 2. The highest BCUT2D eigenvalue weighted by Crippen LogP contribution is 1.99. The number of carboxylic acid groups (broad SMARTS) is 1. The van der Waals surface area contributed by atoms with Crippen LogP contribution in [0.25, 0.3) is 0 Å². The molecule has 0 aromatic carbocycles. The van der Waals surface area contributed by atoms with E-state index in [0.29, 0.717) is 13.1 Å². The van der Waals surface area contributed by atoms with Gasteiger partial charge in [0.05, 0.1) is 13.2 Å². The van der Waals surface area contributed by atoms with E-state index in [0.717, 1.165) is 39.3 Å². The molecule has 1 saturated heterocycles. The molecule has 0 radical (unpaired) electrons. The summed E-state index contributed by atoms with van der Waals surface area (Å²) in [5.41, 5.74) is 0. The third kappa shape index (κ3) is 7.96. The number of nitrogens with zero attached hydrogens (tertiary/aromatic N) is 1. The van der Waals surface area contributed by atoms with Crippen LogP contribution in [0.3, 0.4) is 0 Å². The van der Waals surface area contributed by atoms with Gasteiger partial charge in [0.2, 0.25) is 0 Å². The molecule has 7 nitrogen and oxygen atoms in total. The van der Waals surface area contributed by atoms with Gasteiger partial charge in [-0.25, -0.2) is 4.79 Å². The molecule has 1 fully saturated rings. The van der Waals surface area contributed by atoms with E-state index in [4.69, 9.17) is 9.84 Å². The zero-order valence-electron chi connectivity index (χ0n) is 12.1. The molecule has 0 aliphatic carbocycles. The monoisotopic (exact) mass is 287 g/mol. The summed E-state index contributed by atoms with van der Waals surface area (Å²) in [5, 5.41) is 14.1. The molecule has 20 heavy (non-hydrogen) atoms. The first-order chi connectivity index (χ1) is 9.58. The van der Waals surface area contributed by atoms with Crippen molar-refractivity contribution >= 4 is 12.0 Å². The predicted molar refractivity (Wildman–Crippen MR) is 74.7 cm³/mol. The Kier molecular flexibility index (Phi) is 7.98. The van der Waals surface area contributed by atoms with Crippen LogP contribution in [0.2, 0.25) is 0 Å². The first-order valence-corrected chi connectivity index (χ1v) is 7.11. The molecular formula is C13H25N3O4. The number of hydrogen-bond acceptors (Lipinski definition) is 4. The van der Waals surface area contributed by atoms with Crippen LogP contribution in [0.5, 0.6) is 0 Å². The van der Waals surface area contributed by atoms with Crippen LogP contribution in [-0.4, -0.2) is 67.9 Å². The number of hydrogen-bond donors (Lipinski definition) is 3. The Hall–Kier alpha value is -1.34. The highest BCUT2D eigenvalue weighted by atomic mass is 16.5. The van der Waals surface area contributed by atoms with Gasteiger partial charge in [0.25, 0.3) is 0 Å². The summed E-state index contributed by atoms with van der Waals surface area (Å²) in [6.45, 7) is 7.24. The highest BCUT2D eigenvalue weighted by Gasteiger charge is 2.10. The van der Waals surface area contributed by atoms with E-state index in [1.165, 1.54) is 0 Å². The molecule has 1 aliphatic rings. The van der Waals surface area contributed by atoms with Crippen molar-refractivity contribution in [3.05, 3.63) is 0 Å². The van der Waals surface area contributed by atoms with Gasteiger partial charge in [-0.05, 0) is 18.9 Å². The summed E-state index contributed by atoms with van der Waals surface area (Å²) < 4.78 is 5.26. The number of carbonyl (C=O) groups excluding carboxylic acids is 1. The van der Waals surface area contributed by atoms with Crippen molar-refractivity contribution in [2.24, 2.45) is 5.92 Å². The van der Waals surface area contributed by atoms with Gasteiger partial charge in [0, 0.05) is 32.6 Å². The second-order valence-corrected chi connectivity index (χ2v) is 5.15. The predicted octanol–water partition coefficient (Wildman–Crippen LogP) is 0.119. The fraction of sp³-hybridized carbons (Fsp3) is 0.846. The standard InChI is InChI=1S/C13H25N3O4/c1-11(9-12(17)18)10-15-13(19)14-3-2-4-16-5-7-20-8-6-16/h11H,2-10H2,1H3,(H,17,18)(H2,14,15,19). The van der Waals surface area contributed by atoms with Gasteiger partial charge in [-0.2, -0.15) is 0 Å². The van der Waals surface area contributed by atoms with E-state index < -0.39 is 5.97 Å². The third-order valence-corrected chi connectivity index (χ3v) is 3.17. The summed E-state index contributed by atoms with van der Waals surface area (Å²) in [6, 6.07) is -0.232. The van der Waals surface area contributed by atoms with Crippen molar-refractivity contribution in [1.82, 2.24) is 15.5 Å². The molecule has 1 rings (SSSR count). The summed E-state index contributed by atoms with van der Waals surface area (Å²) in [5.74, 6) is -0.906. The topological polar surface area (TPSA) is 90.9 Å². The van der Waals surface area contributed by atoms with Crippen molar-refractivity contribution in [2.45, 2.75) is 19.8 Å². The maximum atomic E-state index is 11.5. The minimum atomic E-state index is -0.842. The SMILES string of the molecule is CC(CNC(=O)NCCCN1CCOCC1)CC(=O)O. The first-order valence-electron chi connectivity index (χ1n) is 7.11. The Bertz CT molecular complexity index is 306. The smallest absolute Gasteiger partial charge is 0.314 e. The lowest BCUT2D eigenvalue weighted by Crippen LogP contribution is -2.41. The Balaban J connectivity index is 1.98. The Labute approximate surface area is 119 Å². The van der Waals surface area contributed by atoms with E-state index in [-0.39, 0.29) is 18.4 Å². The minimum Gasteiger partial charge on any atom is -0.481 e. The Morgan fingerprint density at radius 2 is 2.00 bits per heavy atom. The molecule has 2 amide bonds. The largest absolute Gasteiger partial charge is 0.481 e. The van der Waals surface area contributed by atoms with Crippen molar-refractivity contribution < 1.29 is 19.4 Å². The number of carboxylic acids is 1. The maximum Gasteiger partial charge on any atom is 0.314 e. The van der Waals surface area contributed by atoms with Crippen molar-refractivity contribution in [3.8, 4) is 0 Å². The molecule has 7 heteroatoms. The van der Waals surface area contributed by atoms with Crippen LogP contribution in [0.4, 0.5) is 4.79 Å². The summed E-state index contributed by atoms with van der Waals surface area (Å²) in [7, 11) is 0. The van der Waals surface area contributed by atoms with Gasteiger partial charge in [-0.15, -0.1) is 0 Å². The number of amides is 2. The summed E-state index contributed by atoms with van der Waals surface area (Å²) >= 11 is 0. The van der Waals surface area contributed by atoms with Gasteiger partial charge in [0.1, 0.15) is 0 Å². The number of nitrogens with one attached hydrogen (secondary N) is 2. The molecule has 3 N–H and O–H groups in total. The van der Waals surface area contributed by atoms with Gasteiger partial charge >= 0.3 is 12.0 Å². The average molecular weight is 287 g/mol. The second-order valence-electron chi connectivity index (χ2n) is 5.15. The zero-order chi connectivity index (χ0) is 14.8. The van der Waals surface area contributed by atoms with Crippen LogP contribution in [0.1, 0.15) is 19.8 Å². The lowest BCUT2D eigenvalue weighted by atomic mass is 10.1. The van der Waals surface area contributed by atoms with Crippen LogP contribution in [0.15, 0.2) is 0 Å². The average Bonchev–Trinajstić information content (AvgIpc) is 2.42. The molecular weight excluding hydrogens is 262 g/mol. The summed E-state index contributed by atoms with van der Waals surface area (Å²) in [4.78, 5) is 24.3. The Morgan fingerprint density at radius 1 is 1.30 bits per heavy atom. The Morgan fingerprint density at radius 3 is 2.65 bits per heavy atom. The van der Waals surface area contributed by atoms with Crippen molar-refractivity contribution in [2.75, 3.05) is 45.9 Å². The van der Waals surface area contributed by atoms with Crippen LogP contribution >= 0.6 is 0 Å².